The van der Waals surface area contributed by atoms with Crippen LogP contribution < -0.4 is 11.1 Å². The van der Waals surface area contributed by atoms with E-state index in [0.717, 1.165) is 11.8 Å². The third-order valence-corrected chi connectivity index (χ3v) is 3.06. The Balaban J connectivity index is 1.68. The van der Waals surface area contributed by atoms with Crippen molar-refractivity contribution < 1.29 is 0 Å². The van der Waals surface area contributed by atoms with Crippen molar-refractivity contribution in [2.24, 2.45) is 11.8 Å². The molecule has 0 aliphatic heterocycles. The summed E-state index contributed by atoms with van der Waals surface area (Å²) in [4.78, 5) is 4.07. The minimum Gasteiger partial charge on any atom is -0.368 e. The maximum absolute atomic E-state index is 5.47. The lowest BCUT2D eigenvalue weighted by Crippen LogP contribution is -2.24. The van der Waals surface area contributed by atoms with Gasteiger partial charge in [-0.15, -0.1) is 5.10 Å². The Bertz CT molecular complexity index is 314. The first kappa shape index (κ1) is 8.08. The summed E-state index contributed by atoms with van der Waals surface area (Å²) in [5.74, 6) is 2.74. The molecule has 0 aromatic carbocycles. The van der Waals surface area contributed by atoms with E-state index in [1.54, 1.807) is 0 Å². The molecule has 0 spiro atoms. The molecule has 2 aliphatic carbocycles. The average Bonchev–Trinajstić information content (AvgIpc) is 3.04. The van der Waals surface area contributed by atoms with Gasteiger partial charge in [0, 0.05) is 6.04 Å². The first-order chi connectivity index (χ1) is 6.83. The Morgan fingerprint density at radius 1 is 1.29 bits per heavy atom. The lowest BCUT2D eigenvalue weighted by Gasteiger charge is -2.15. The van der Waals surface area contributed by atoms with Gasteiger partial charge >= 0.3 is 0 Å². The lowest BCUT2D eigenvalue weighted by molar-refractivity contribution is 0.563. The van der Waals surface area contributed by atoms with E-state index >= 15 is 0 Å². The van der Waals surface area contributed by atoms with Crippen LogP contribution in [0.4, 0.5) is 11.9 Å². The Labute approximate surface area is 82.5 Å². The zero-order chi connectivity index (χ0) is 9.54. The smallest absolute Gasteiger partial charge is 0.243 e. The highest BCUT2D eigenvalue weighted by atomic mass is 15.3. The number of H-pyrrole nitrogens is 1. The van der Waals surface area contributed by atoms with Gasteiger partial charge in [-0.2, -0.15) is 4.98 Å². The molecule has 0 saturated heterocycles. The highest BCUT2D eigenvalue weighted by Crippen LogP contribution is 2.45. The van der Waals surface area contributed by atoms with E-state index in [0.29, 0.717) is 17.9 Å². The predicted molar refractivity (Wildman–Crippen MR) is 53.7 cm³/mol. The largest absolute Gasteiger partial charge is 0.368 e. The fourth-order valence-electron chi connectivity index (χ4n) is 2.02. The van der Waals surface area contributed by atoms with E-state index in [1.165, 1.54) is 25.7 Å². The van der Waals surface area contributed by atoms with Crippen molar-refractivity contribution in [3.63, 3.8) is 0 Å². The van der Waals surface area contributed by atoms with Crippen molar-refractivity contribution in [1.82, 2.24) is 15.2 Å². The SMILES string of the molecule is Nc1nc(NC(C2CC2)C2CC2)n[nH]1. The van der Waals surface area contributed by atoms with E-state index in [4.69, 9.17) is 5.73 Å². The van der Waals surface area contributed by atoms with Crippen LogP contribution >= 0.6 is 0 Å². The number of nitrogens with one attached hydrogen (secondary N) is 2. The van der Waals surface area contributed by atoms with Crippen molar-refractivity contribution in [3.05, 3.63) is 0 Å². The average molecular weight is 193 g/mol. The second-order valence-electron chi connectivity index (χ2n) is 4.39. The van der Waals surface area contributed by atoms with Crippen molar-refractivity contribution in [2.45, 2.75) is 31.7 Å². The molecule has 2 aliphatic rings. The summed E-state index contributed by atoms with van der Waals surface area (Å²) >= 11 is 0. The molecule has 76 valence electrons. The standard InChI is InChI=1S/C9H15N5/c10-8-12-9(14-13-8)11-7(5-1-2-5)6-3-4-6/h5-7H,1-4H2,(H4,10,11,12,13,14). The molecule has 1 heterocycles. The number of nitrogens with two attached hydrogens (primary N) is 1. The van der Waals surface area contributed by atoms with E-state index in [-0.39, 0.29) is 0 Å². The van der Waals surface area contributed by atoms with E-state index in [9.17, 15) is 0 Å². The van der Waals surface area contributed by atoms with Gasteiger partial charge in [0.05, 0.1) is 0 Å². The highest BCUT2D eigenvalue weighted by Gasteiger charge is 2.41. The molecule has 3 rings (SSSR count). The van der Waals surface area contributed by atoms with Gasteiger partial charge in [0.2, 0.25) is 11.9 Å². The van der Waals surface area contributed by atoms with Crippen LogP contribution in [-0.2, 0) is 0 Å². The van der Waals surface area contributed by atoms with Crippen molar-refractivity contribution >= 4 is 11.9 Å². The molecule has 14 heavy (non-hydrogen) atoms. The van der Waals surface area contributed by atoms with Crippen LogP contribution in [0.15, 0.2) is 0 Å². The molecular formula is C9H15N5. The summed E-state index contributed by atoms with van der Waals surface area (Å²) in [6.07, 6.45) is 5.42. The Morgan fingerprint density at radius 2 is 1.93 bits per heavy atom. The predicted octanol–water partition coefficient (Wildman–Crippen LogP) is 0.987. The van der Waals surface area contributed by atoms with Crippen LogP contribution in [0.25, 0.3) is 0 Å². The molecule has 1 aromatic heterocycles. The molecule has 0 bridgehead atoms. The molecule has 0 atom stereocenters. The summed E-state index contributed by atoms with van der Waals surface area (Å²) < 4.78 is 0. The summed E-state index contributed by atoms with van der Waals surface area (Å²) in [7, 11) is 0. The summed E-state index contributed by atoms with van der Waals surface area (Å²) in [5, 5.41) is 10.0. The fourth-order valence-corrected chi connectivity index (χ4v) is 2.02. The Morgan fingerprint density at radius 3 is 2.36 bits per heavy atom. The molecule has 0 unspecified atom stereocenters. The monoisotopic (exact) mass is 193 g/mol. The molecule has 0 amide bonds. The van der Waals surface area contributed by atoms with Crippen LogP contribution in [0, 0.1) is 11.8 Å². The normalized spacial score (nSPS) is 21.5. The summed E-state index contributed by atoms with van der Waals surface area (Å²) in [6, 6.07) is 0.588. The quantitative estimate of drug-likeness (QED) is 0.666. The second kappa shape index (κ2) is 2.87. The number of anilines is 2. The molecule has 4 N–H and O–H groups in total. The van der Waals surface area contributed by atoms with Crippen LogP contribution in [0.3, 0.4) is 0 Å². The molecule has 2 fully saturated rings. The van der Waals surface area contributed by atoms with Crippen LogP contribution in [0.2, 0.25) is 0 Å². The van der Waals surface area contributed by atoms with Gasteiger partial charge in [0.25, 0.3) is 0 Å². The van der Waals surface area contributed by atoms with Gasteiger partial charge in [-0.3, -0.25) is 0 Å². The lowest BCUT2D eigenvalue weighted by atomic mass is 10.1. The molecular weight excluding hydrogens is 178 g/mol. The van der Waals surface area contributed by atoms with Crippen LogP contribution in [0.5, 0.6) is 0 Å². The van der Waals surface area contributed by atoms with E-state index in [2.05, 4.69) is 20.5 Å². The van der Waals surface area contributed by atoms with Gasteiger partial charge in [0.15, 0.2) is 0 Å². The zero-order valence-corrected chi connectivity index (χ0v) is 8.03. The maximum Gasteiger partial charge on any atom is 0.243 e. The summed E-state index contributed by atoms with van der Waals surface area (Å²) in [6.45, 7) is 0. The number of nitrogens with zero attached hydrogens (tertiary/aromatic N) is 2. The van der Waals surface area contributed by atoms with E-state index < -0.39 is 0 Å². The number of hydrogen-bond acceptors (Lipinski definition) is 4. The van der Waals surface area contributed by atoms with Crippen LogP contribution in [-0.4, -0.2) is 21.2 Å². The number of aromatic amines is 1. The highest BCUT2D eigenvalue weighted by molar-refractivity contribution is 5.32. The van der Waals surface area contributed by atoms with Gasteiger partial charge in [-0.05, 0) is 37.5 Å². The van der Waals surface area contributed by atoms with Crippen molar-refractivity contribution in [3.8, 4) is 0 Å². The molecule has 2 saturated carbocycles. The van der Waals surface area contributed by atoms with Gasteiger partial charge < -0.3 is 11.1 Å². The van der Waals surface area contributed by atoms with Crippen molar-refractivity contribution in [2.75, 3.05) is 11.1 Å². The Kier molecular flexibility index (Phi) is 1.65. The van der Waals surface area contributed by atoms with Gasteiger partial charge in [-0.25, -0.2) is 5.10 Å². The van der Waals surface area contributed by atoms with E-state index in [1.807, 2.05) is 0 Å². The third-order valence-electron chi connectivity index (χ3n) is 3.06. The van der Waals surface area contributed by atoms with Gasteiger partial charge in [0.1, 0.15) is 0 Å². The van der Waals surface area contributed by atoms with Crippen molar-refractivity contribution in [1.29, 1.82) is 0 Å². The Hall–Kier alpha value is -1.26. The van der Waals surface area contributed by atoms with Crippen LogP contribution in [0.1, 0.15) is 25.7 Å². The number of rotatable bonds is 4. The molecule has 5 heteroatoms. The number of hydrogen-bond donors (Lipinski definition) is 3. The third kappa shape index (κ3) is 1.54. The molecule has 1 aromatic rings. The molecule has 5 nitrogen and oxygen atoms in total. The topological polar surface area (TPSA) is 79.6 Å². The van der Waals surface area contributed by atoms with Gasteiger partial charge in [-0.1, -0.05) is 0 Å². The number of nitrogen functional groups attached to an aromatic ring is 1. The first-order valence-electron chi connectivity index (χ1n) is 5.27. The first-order valence-corrected chi connectivity index (χ1v) is 5.27. The maximum atomic E-state index is 5.47. The zero-order valence-electron chi connectivity index (χ0n) is 8.03. The minimum absolute atomic E-state index is 0.387. The second-order valence-corrected chi connectivity index (χ2v) is 4.39. The molecule has 0 radical (unpaired) electrons. The fraction of sp³-hybridized carbons (Fsp3) is 0.778. The number of aromatic nitrogens is 3. The summed E-state index contributed by atoms with van der Waals surface area (Å²) in [5.41, 5.74) is 5.47. The minimum atomic E-state index is 0.387.